The highest BCUT2D eigenvalue weighted by Crippen LogP contribution is 2.39. The van der Waals surface area contributed by atoms with E-state index in [1.54, 1.807) is 7.11 Å². The van der Waals surface area contributed by atoms with Crippen LogP contribution < -0.4 is 10.1 Å². The second kappa shape index (κ2) is 4.69. The number of rotatable bonds is 2. The van der Waals surface area contributed by atoms with Gasteiger partial charge in [-0.15, -0.1) is 0 Å². The Bertz CT molecular complexity index is 617. The Morgan fingerprint density at radius 3 is 2.74 bits per heavy atom. The highest BCUT2D eigenvalue weighted by Gasteiger charge is 2.32. The molecule has 2 aromatic carbocycles. The summed E-state index contributed by atoms with van der Waals surface area (Å²) in [4.78, 5) is 0. The average molecular weight is 276 g/mol. The van der Waals surface area contributed by atoms with Crippen LogP contribution in [0.3, 0.4) is 0 Å². The number of hydrogen-bond acceptors (Lipinski definition) is 2. The molecule has 100 valence electrons. The predicted octanol–water partition coefficient (Wildman–Crippen LogP) is 4.10. The molecular formula is C16H18ClNO. The van der Waals surface area contributed by atoms with Gasteiger partial charge in [0.25, 0.3) is 0 Å². The van der Waals surface area contributed by atoms with E-state index in [1.165, 1.54) is 17.4 Å². The van der Waals surface area contributed by atoms with Crippen molar-refractivity contribution in [2.45, 2.75) is 25.3 Å². The molecule has 0 bridgehead atoms. The van der Waals surface area contributed by atoms with Gasteiger partial charge < -0.3 is 10.1 Å². The molecule has 2 nitrogen and oxygen atoms in total. The van der Waals surface area contributed by atoms with Crippen LogP contribution in [0.5, 0.6) is 5.75 Å². The van der Waals surface area contributed by atoms with E-state index >= 15 is 0 Å². The van der Waals surface area contributed by atoms with Gasteiger partial charge in [-0.2, -0.15) is 0 Å². The second-order valence-electron chi connectivity index (χ2n) is 5.41. The Kier molecular flexibility index (Phi) is 3.15. The van der Waals surface area contributed by atoms with Crippen LogP contribution in [0.25, 0.3) is 10.8 Å². The first-order chi connectivity index (χ1) is 9.12. The zero-order chi connectivity index (χ0) is 13.5. The van der Waals surface area contributed by atoms with Crippen molar-refractivity contribution >= 4 is 22.4 Å². The van der Waals surface area contributed by atoms with Gasteiger partial charge in [0, 0.05) is 16.1 Å². The van der Waals surface area contributed by atoms with Crippen LogP contribution in [0.15, 0.2) is 30.3 Å². The topological polar surface area (TPSA) is 21.3 Å². The summed E-state index contributed by atoms with van der Waals surface area (Å²) >= 11 is 6.09. The minimum absolute atomic E-state index is 0.00184. The van der Waals surface area contributed by atoms with Gasteiger partial charge in [0.1, 0.15) is 5.75 Å². The van der Waals surface area contributed by atoms with Gasteiger partial charge in [-0.1, -0.05) is 17.7 Å². The maximum Gasteiger partial charge on any atom is 0.124 e. The smallest absolute Gasteiger partial charge is 0.124 e. The molecule has 1 unspecified atom stereocenters. The molecule has 1 atom stereocenters. The van der Waals surface area contributed by atoms with E-state index in [1.807, 2.05) is 18.2 Å². The molecule has 1 aliphatic rings. The van der Waals surface area contributed by atoms with Crippen molar-refractivity contribution in [2.75, 3.05) is 13.7 Å². The van der Waals surface area contributed by atoms with Crippen LogP contribution >= 0.6 is 11.6 Å². The molecule has 1 heterocycles. The Hall–Kier alpha value is -1.25. The fourth-order valence-electron chi connectivity index (χ4n) is 2.97. The van der Waals surface area contributed by atoms with Crippen LogP contribution in [-0.2, 0) is 5.54 Å². The first kappa shape index (κ1) is 12.8. The Morgan fingerprint density at radius 2 is 2.05 bits per heavy atom. The van der Waals surface area contributed by atoms with Gasteiger partial charge in [0.15, 0.2) is 0 Å². The van der Waals surface area contributed by atoms with Gasteiger partial charge in [0.05, 0.1) is 7.11 Å². The number of fused-ring (bicyclic) bond motifs is 1. The number of nitrogens with one attached hydrogen (secondary N) is 1. The van der Waals surface area contributed by atoms with E-state index in [0.717, 1.165) is 29.1 Å². The fraction of sp³-hybridized carbons (Fsp3) is 0.375. The summed E-state index contributed by atoms with van der Waals surface area (Å²) in [5.74, 6) is 0.951. The minimum Gasteiger partial charge on any atom is -0.496 e. The predicted molar refractivity (Wildman–Crippen MR) is 80.1 cm³/mol. The Balaban J connectivity index is 2.21. The third-order valence-electron chi connectivity index (χ3n) is 4.08. The summed E-state index contributed by atoms with van der Waals surface area (Å²) in [6.45, 7) is 3.31. The number of ether oxygens (including phenoxy) is 1. The molecule has 3 heteroatoms. The molecule has 0 radical (unpaired) electrons. The highest BCUT2D eigenvalue weighted by molar-refractivity contribution is 6.31. The number of methoxy groups -OCH3 is 1. The lowest BCUT2D eigenvalue weighted by Gasteiger charge is -2.27. The lowest BCUT2D eigenvalue weighted by molar-refractivity contribution is 0.372. The lowest BCUT2D eigenvalue weighted by atomic mass is 9.88. The third kappa shape index (κ3) is 2.19. The highest BCUT2D eigenvalue weighted by atomic mass is 35.5. The molecule has 19 heavy (non-hydrogen) atoms. The third-order valence-corrected chi connectivity index (χ3v) is 4.32. The Labute approximate surface area is 118 Å². The van der Waals surface area contributed by atoms with Gasteiger partial charge in [-0.3, -0.25) is 0 Å². The molecule has 1 fully saturated rings. The summed E-state index contributed by atoms with van der Waals surface area (Å²) in [5.41, 5.74) is 1.23. The summed E-state index contributed by atoms with van der Waals surface area (Å²) in [7, 11) is 1.74. The van der Waals surface area contributed by atoms with Crippen LogP contribution in [-0.4, -0.2) is 13.7 Å². The molecule has 0 amide bonds. The van der Waals surface area contributed by atoms with Crippen molar-refractivity contribution in [2.24, 2.45) is 0 Å². The Morgan fingerprint density at radius 1 is 1.21 bits per heavy atom. The summed E-state index contributed by atoms with van der Waals surface area (Å²) < 4.78 is 5.59. The van der Waals surface area contributed by atoms with E-state index < -0.39 is 0 Å². The zero-order valence-electron chi connectivity index (χ0n) is 11.3. The molecule has 0 saturated carbocycles. The van der Waals surface area contributed by atoms with Gasteiger partial charge in [-0.25, -0.2) is 0 Å². The van der Waals surface area contributed by atoms with E-state index in [4.69, 9.17) is 16.3 Å². The molecular weight excluding hydrogens is 258 g/mol. The van der Waals surface area contributed by atoms with Crippen molar-refractivity contribution in [3.63, 3.8) is 0 Å². The molecule has 1 N–H and O–H groups in total. The number of hydrogen-bond donors (Lipinski definition) is 1. The first-order valence-corrected chi connectivity index (χ1v) is 7.03. The molecule has 1 aliphatic heterocycles. The summed E-state index contributed by atoms with van der Waals surface area (Å²) in [6, 6.07) is 10.3. The van der Waals surface area contributed by atoms with E-state index in [2.05, 4.69) is 24.4 Å². The molecule has 0 aliphatic carbocycles. The molecule has 2 aromatic rings. The molecule has 0 aromatic heterocycles. The van der Waals surface area contributed by atoms with Gasteiger partial charge in [0.2, 0.25) is 0 Å². The largest absolute Gasteiger partial charge is 0.496 e. The van der Waals surface area contributed by atoms with Crippen LogP contribution in [0.2, 0.25) is 5.02 Å². The maximum atomic E-state index is 6.09. The van der Waals surface area contributed by atoms with Crippen molar-refractivity contribution in [3.05, 3.63) is 40.9 Å². The standard InChI is InChI=1S/C16H18ClNO/c1-16(6-3-7-18-16)14-9-12-8-13(17)5-4-11(12)10-15(14)19-2/h4-5,8-10,18H,3,6-7H2,1-2H3. The summed E-state index contributed by atoms with van der Waals surface area (Å²) in [6.07, 6.45) is 2.34. The van der Waals surface area contributed by atoms with Crippen molar-refractivity contribution in [3.8, 4) is 5.75 Å². The zero-order valence-corrected chi connectivity index (χ0v) is 12.1. The molecule has 1 saturated heterocycles. The quantitative estimate of drug-likeness (QED) is 0.891. The molecule has 0 spiro atoms. The van der Waals surface area contributed by atoms with Crippen molar-refractivity contribution in [1.29, 1.82) is 0 Å². The SMILES string of the molecule is COc1cc2ccc(Cl)cc2cc1C1(C)CCCN1. The van der Waals surface area contributed by atoms with Crippen LogP contribution in [0.1, 0.15) is 25.3 Å². The maximum absolute atomic E-state index is 6.09. The van der Waals surface area contributed by atoms with Crippen molar-refractivity contribution < 1.29 is 4.74 Å². The first-order valence-electron chi connectivity index (χ1n) is 6.65. The second-order valence-corrected chi connectivity index (χ2v) is 5.84. The van der Waals surface area contributed by atoms with Crippen LogP contribution in [0, 0.1) is 0 Å². The van der Waals surface area contributed by atoms with E-state index in [9.17, 15) is 0 Å². The lowest BCUT2D eigenvalue weighted by Crippen LogP contribution is -2.33. The van der Waals surface area contributed by atoms with Crippen LogP contribution in [0.4, 0.5) is 0 Å². The molecule has 3 rings (SSSR count). The normalized spacial score (nSPS) is 22.9. The van der Waals surface area contributed by atoms with E-state index in [0.29, 0.717) is 0 Å². The number of halogens is 1. The summed E-state index contributed by atoms with van der Waals surface area (Å²) in [5, 5.41) is 6.69. The van der Waals surface area contributed by atoms with Gasteiger partial charge >= 0.3 is 0 Å². The average Bonchev–Trinajstić information content (AvgIpc) is 2.85. The minimum atomic E-state index is 0.00184. The van der Waals surface area contributed by atoms with Crippen molar-refractivity contribution in [1.82, 2.24) is 5.32 Å². The van der Waals surface area contributed by atoms with E-state index in [-0.39, 0.29) is 5.54 Å². The monoisotopic (exact) mass is 275 g/mol. The van der Waals surface area contributed by atoms with Gasteiger partial charge in [-0.05, 0) is 61.3 Å². The number of benzene rings is 2. The fourth-order valence-corrected chi connectivity index (χ4v) is 3.15.